The molecule has 3 N–H and O–H groups in total. The van der Waals surface area contributed by atoms with Gasteiger partial charge in [-0.15, -0.1) is 0 Å². The second-order valence-corrected chi connectivity index (χ2v) is 4.28. The highest BCUT2D eigenvalue weighted by molar-refractivity contribution is 5.54. The van der Waals surface area contributed by atoms with E-state index in [-0.39, 0.29) is 24.3 Å². The van der Waals surface area contributed by atoms with E-state index in [1.54, 1.807) is 7.05 Å². The number of nitro groups is 1. The Labute approximate surface area is 105 Å². The molecule has 1 unspecified atom stereocenters. The zero-order valence-corrected chi connectivity index (χ0v) is 10.7. The van der Waals surface area contributed by atoms with Gasteiger partial charge in [-0.2, -0.15) is 0 Å². The normalized spacial score (nSPS) is 12.3. The minimum absolute atomic E-state index is 0.0442. The average Bonchev–Trinajstić information content (AvgIpc) is 2.34. The summed E-state index contributed by atoms with van der Waals surface area (Å²) in [7, 11) is 1.64. The number of nitrogens with one attached hydrogen (secondary N) is 2. The van der Waals surface area contributed by atoms with Gasteiger partial charge >= 0.3 is 0 Å². The molecule has 0 saturated carbocycles. The molecule has 0 spiro atoms. The van der Waals surface area contributed by atoms with Crippen molar-refractivity contribution in [2.24, 2.45) is 5.92 Å². The lowest BCUT2D eigenvalue weighted by Crippen LogP contribution is -2.29. The molecule has 7 nitrogen and oxygen atoms in total. The molecule has 0 aliphatic carbocycles. The highest BCUT2D eigenvalue weighted by Gasteiger charge is 2.16. The van der Waals surface area contributed by atoms with Crippen molar-refractivity contribution in [3.05, 3.63) is 22.2 Å². The summed E-state index contributed by atoms with van der Waals surface area (Å²) in [6, 6.07) is 2.52. The zero-order chi connectivity index (χ0) is 13.7. The van der Waals surface area contributed by atoms with E-state index in [1.807, 2.05) is 13.8 Å². The first-order valence-corrected chi connectivity index (χ1v) is 5.69. The number of aliphatic hydroxyl groups is 1. The molecule has 100 valence electrons. The van der Waals surface area contributed by atoms with Crippen LogP contribution in [0.4, 0.5) is 17.3 Å². The second-order valence-electron chi connectivity index (χ2n) is 4.28. The Kier molecular flexibility index (Phi) is 4.85. The molecule has 0 aliphatic rings. The highest BCUT2D eigenvalue weighted by Crippen LogP contribution is 2.21. The van der Waals surface area contributed by atoms with Crippen molar-refractivity contribution in [2.75, 3.05) is 24.3 Å². The summed E-state index contributed by atoms with van der Waals surface area (Å²) < 4.78 is 0. The predicted octanol–water partition coefficient (Wildman–Crippen LogP) is 1.46. The van der Waals surface area contributed by atoms with Gasteiger partial charge in [-0.3, -0.25) is 10.1 Å². The Bertz CT molecular complexity index is 423. The SMILES string of the molecule is CNc1cc([N+](=O)[O-])cc(NC(CO)C(C)C)n1. The molecule has 0 radical (unpaired) electrons. The molecular formula is C11H18N4O3. The van der Waals surface area contributed by atoms with Crippen molar-refractivity contribution >= 4 is 17.3 Å². The van der Waals surface area contributed by atoms with Crippen molar-refractivity contribution < 1.29 is 10.0 Å². The van der Waals surface area contributed by atoms with Crippen LogP contribution in [-0.4, -0.2) is 34.7 Å². The number of hydrogen-bond donors (Lipinski definition) is 3. The van der Waals surface area contributed by atoms with Gasteiger partial charge in [-0.1, -0.05) is 13.8 Å². The number of nitrogens with zero attached hydrogens (tertiary/aromatic N) is 2. The van der Waals surface area contributed by atoms with Crippen molar-refractivity contribution in [1.82, 2.24) is 4.98 Å². The molecule has 0 saturated heterocycles. The van der Waals surface area contributed by atoms with E-state index in [1.165, 1.54) is 12.1 Å². The van der Waals surface area contributed by atoms with Crippen LogP contribution in [-0.2, 0) is 0 Å². The van der Waals surface area contributed by atoms with Crippen LogP contribution in [0.2, 0.25) is 0 Å². The summed E-state index contributed by atoms with van der Waals surface area (Å²) in [6.45, 7) is 3.84. The second kappa shape index (κ2) is 6.15. The average molecular weight is 254 g/mol. The number of aromatic nitrogens is 1. The lowest BCUT2D eigenvalue weighted by atomic mass is 10.1. The molecule has 18 heavy (non-hydrogen) atoms. The Morgan fingerprint density at radius 3 is 2.50 bits per heavy atom. The maximum atomic E-state index is 10.8. The first kappa shape index (κ1) is 14.2. The van der Waals surface area contributed by atoms with Gasteiger partial charge in [0.25, 0.3) is 5.69 Å². The quantitative estimate of drug-likeness (QED) is 0.525. The van der Waals surface area contributed by atoms with Crippen molar-refractivity contribution in [2.45, 2.75) is 19.9 Å². The van der Waals surface area contributed by atoms with Gasteiger partial charge in [-0.05, 0) is 5.92 Å². The number of pyridine rings is 1. The number of aliphatic hydroxyl groups excluding tert-OH is 1. The Morgan fingerprint density at radius 1 is 1.44 bits per heavy atom. The summed E-state index contributed by atoms with van der Waals surface area (Å²) in [6.07, 6.45) is 0. The van der Waals surface area contributed by atoms with Gasteiger partial charge in [0.1, 0.15) is 11.6 Å². The number of anilines is 2. The molecule has 1 heterocycles. The van der Waals surface area contributed by atoms with Crippen LogP contribution in [0.1, 0.15) is 13.8 Å². The number of hydrogen-bond acceptors (Lipinski definition) is 6. The molecule has 0 amide bonds. The van der Waals surface area contributed by atoms with Crippen LogP contribution in [0.5, 0.6) is 0 Å². The summed E-state index contributed by atoms with van der Waals surface area (Å²) in [5.41, 5.74) is -0.0442. The maximum absolute atomic E-state index is 10.8. The summed E-state index contributed by atoms with van der Waals surface area (Å²) >= 11 is 0. The Hall–Kier alpha value is -1.89. The van der Waals surface area contributed by atoms with Crippen LogP contribution < -0.4 is 10.6 Å². The van der Waals surface area contributed by atoms with E-state index in [4.69, 9.17) is 0 Å². The van der Waals surface area contributed by atoms with Crippen molar-refractivity contribution in [3.63, 3.8) is 0 Å². The summed E-state index contributed by atoms with van der Waals surface area (Å²) in [5.74, 6) is 0.975. The van der Waals surface area contributed by atoms with Gasteiger partial charge in [0.15, 0.2) is 0 Å². The van der Waals surface area contributed by atoms with Gasteiger partial charge in [0.05, 0.1) is 29.7 Å². The lowest BCUT2D eigenvalue weighted by Gasteiger charge is -2.20. The summed E-state index contributed by atoms with van der Waals surface area (Å²) in [4.78, 5) is 14.5. The third-order valence-corrected chi connectivity index (χ3v) is 2.61. The van der Waals surface area contributed by atoms with E-state index < -0.39 is 4.92 Å². The van der Waals surface area contributed by atoms with E-state index >= 15 is 0 Å². The molecule has 1 atom stereocenters. The molecule has 0 bridgehead atoms. The van der Waals surface area contributed by atoms with Crippen LogP contribution in [0.3, 0.4) is 0 Å². The van der Waals surface area contributed by atoms with Gasteiger partial charge < -0.3 is 15.7 Å². The summed E-state index contributed by atoms with van der Waals surface area (Å²) in [5, 5.41) is 25.8. The molecule has 1 rings (SSSR count). The van der Waals surface area contributed by atoms with Crippen LogP contribution >= 0.6 is 0 Å². The molecule has 7 heteroatoms. The van der Waals surface area contributed by atoms with E-state index in [2.05, 4.69) is 15.6 Å². The standard InChI is InChI=1S/C11H18N4O3/c1-7(2)9(6-16)13-11-5-8(15(17)18)4-10(12-3)14-11/h4-5,7,9,16H,6H2,1-3H3,(H2,12,13,14). The van der Waals surface area contributed by atoms with Crippen LogP contribution in [0.25, 0.3) is 0 Å². The van der Waals surface area contributed by atoms with Crippen molar-refractivity contribution in [1.29, 1.82) is 0 Å². The monoisotopic (exact) mass is 254 g/mol. The predicted molar refractivity (Wildman–Crippen MR) is 69.8 cm³/mol. The first-order chi connectivity index (χ1) is 8.47. The molecular weight excluding hydrogens is 236 g/mol. The molecule has 0 aromatic carbocycles. The molecule has 1 aromatic heterocycles. The largest absolute Gasteiger partial charge is 0.394 e. The van der Waals surface area contributed by atoms with E-state index in [9.17, 15) is 15.2 Å². The third kappa shape index (κ3) is 3.56. The van der Waals surface area contributed by atoms with Gasteiger partial charge in [-0.25, -0.2) is 4.98 Å². The number of rotatable bonds is 6. The topological polar surface area (TPSA) is 100 Å². The molecule has 0 fully saturated rings. The molecule has 1 aromatic rings. The van der Waals surface area contributed by atoms with E-state index in [0.29, 0.717) is 11.6 Å². The smallest absolute Gasteiger partial charge is 0.276 e. The van der Waals surface area contributed by atoms with Gasteiger partial charge in [0.2, 0.25) is 0 Å². The fourth-order valence-corrected chi connectivity index (χ4v) is 1.44. The van der Waals surface area contributed by atoms with Crippen LogP contribution in [0, 0.1) is 16.0 Å². The minimum atomic E-state index is -0.475. The fraction of sp³-hybridized carbons (Fsp3) is 0.545. The minimum Gasteiger partial charge on any atom is -0.394 e. The van der Waals surface area contributed by atoms with Gasteiger partial charge in [0, 0.05) is 7.05 Å². The van der Waals surface area contributed by atoms with Crippen molar-refractivity contribution in [3.8, 4) is 0 Å². The molecule has 0 aliphatic heterocycles. The first-order valence-electron chi connectivity index (χ1n) is 5.69. The van der Waals surface area contributed by atoms with E-state index in [0.717, 1.165) is 0 Å². The highest BCUT2D eigenvalue weighted by atomic mass is 16.6. The van der Waals surface area contributed by atoms with Crippen LogP contribution in [0.15, 0.2) is 12.1 Å². The maximum Gasteiger partial charge on any atom is 0.276 e. The Balaban J connectivity index is 3.00. The lowest BCUT2D eigenvalue weighted by molar-refractivity contribution is -0.384. The third-order valence-electron chi connectivity index (χ3n) is 2.61. The zero-order valence-electron chi connectivity index (χ0n) is 10.7. The fourth-order valence-electron chi connectivity index (χ4n) is 1.44. The Morgan fingerprint density at radius 2 is 2.06 bits per heavy atom.